The molecule has 61 heavy (non-hydrogen) atoms. The standard InChI is InChI=1S/C54H45O3Si4/c1-10-28-46(29-11-1)58(47-30-12-2-13-31-47)55-60(51-38-20-6-21-39-51,52-40-22-7-23-41-52)57-61(53-42-24-8-25-43-53,54-44-26-9-27-45-54)56-59(48-32-14-3-15-33-48,49-34-16-4-17-35-49)50-36-18-5-19-37-50/h1-45H. The molecule has 0 amide bonds. The van der Waals surface area contributed by atoms with E-state index in [0.717, 1.165) is 46.7 Å². The van der Waals surface area contributed by atoms with Gasteiger partial charge in [-0.3, -0.25) is 0 Å². The summed E-state index contributed by atoms with van der Waals surface area (Å²) in [5, 5.41) is 9.69. The molecule has 9 aromatic rings. The maximum absolute atomic E-state index is 8.67. The number of hydrogen-bond acceptors (Lipinski definition) is 3. The van der Waals surface area contributed by atoms with Crippen LogP contribution in [-0.4, -0.2) is 34.5 Å². The van der Waals surface area contributed by atoms with Crippen molar-refractivity contribution in [1.82, 2.24) is 0 Å². The second kappa shape index (κ2) is 18.6. The molecule has 1 radical (unpaired) electrons. The molecule has 0 bridgehead atoms. The fourth-order valence-corrected chi connectivity index (χ4v) is 27.4. The summed E-state index contributed by atoms with van der Waals surface area (Å²) in [6.07, 6.45) is 0. The molecule has 0 fully saturated rings. The van der Waals surface area contributed by atoms with Gasteiger partial charge < -0.3 is 12.3 Å². The topological polar surface area (TPSA) is 27.7 Å². The molecule has 0 atom stereocenters. The minimum absolute atomic E-state index is 1.00. The van der Waals surface area contributed by atoms with Crippen LogP contribution in [0.25, 0.3) is 0 Å². The summed E-state index contributed by atoms with van der Waals surface area (Å²) in [5.41, 5.74) is 0. The molecule has 0 aliphatic heterocycles. The molecule has 3 nitrogen and oxygen atoms in total. The highest BCUT2D eigenvalue weighted by molar-refractivity contribution is 7.15. The number of rotatable bonds is 15. The lowest BCUT2D eigenvalue weighted by molar-refractivity contribution is 0.366. The van der Waals surface area contributed by atoms with E-state index in [1.807, 2.05) is 0 Å². The molecular formula is C54H45O3Si4. The van der Waals surface area contributed by atoms with Gasteiger partial charge in [-0.25, -0.2) is 0 Å². The Kier molecular flexibility index (Phi) is 12.2. The summed E-state index contributed by atoms with van der Waals surface area (Å²) < 4.78 is 25.5. The van der Waals surface area contributed by atoms with Crippen molar-refractivity contribution in [3.8, 4) is 0 Å². The van der Waals surface area contributed by atoms with Crippen LogP contribution in [0.5, 0.6) is 0 Å². The first-order valence-corrected chi connectivity index (χ1v) is 27.6. The van der Waals surface area contributed by atoms with Crippen molar-refractivity contribution >= 4 is 81.2 Å². The van der Waals surface area contributed by atoms with E-state index in [0.29, 0.717) is 0 Å². The highest BCUT2D eigenvalue weighted by Crippen LogP contribution is 2.25. The van der Waals surface area contributed by atoms with Gasteiger partial charge >= 0.3 is 17.1 Å². The van der Waals surface area contributed by atoms with E-state index in [4.69, 9.17) is 12.3 Å². The van der Waals surface area contributed by atoms with E-state index in [1.165, 1.54) is 0 Å². The van der Waals surface area contributed by atoms with Crippen molar-refractivity contribution < 1.29 is 12.3 Å². The van der Waals surface area contributed by atoms with Gasteiger partial charge in [-0.05, 0) is 46.7 Å². The van der Waals surface area contributed by atoms with E-state index in [2.05, 4.69) is 273 Å². The normalized spacial score (nSPS) is 12.0. The molecule has 0 aliphatic rings. The molecular weight excluding hydrogens is 809 g/mol. The first-order chi connectivity index (χ1) is 30.2. The molecule has 0 saturated heterocycles. The Bertz CT molecular complexity index is 2490. The Morgan fingerprint density at radius 1 is 0.230 bits per heavy atom. The van der Waals surface area contributed by atoms with Crippen LogP contribution in [0.2, 0.25) is 0 Å². The summed E-state index contributed by atoms with van der Waals surface area (Å²) in [6.45, 7) is 0. The molecule has 7 heteroatoms. The first-order valence-electron chi connectivity index (χ1n) is 20.7. The van der Waals surface area contributed by atoms with Gasteiger partial charge in [-0.1, -0.05) is 273 Å². The number of benzene rings is 9. The predicted octanol–water partition coefficient (Wildman–Crippen LogP) is 6.02. The van der Waals surface area contributed by atoms with Gasteiger partial charge in [-0.15, -0.1) is 0 Å². The Morgan fingerprint density at radius 3 is 0.738 bits per heavy atom. The Morgan fingerprint density at radius 2 is 0.459 bits per heavy atom. The third kappa shape index (κ3) is 8.16. The third-order valence-electron chi connectivity index (χ3n) is 11.1. The van der Waals surface area contributed by atoms with Crippen LogP contribution >= 0.6 is 0 Å². The minimum Gasteiger partial charge on any atom is -0.422 e. The molecule has 9 rings (SSSR count). The maximum atomic E-state index is 8.67. The second-order valence-corrected chi connectivity index (χ2v) is 27.0. The van der Waals surface area contributed by atoms with Gasteiger partial charge in [0.05, 0.1) is 0 Å². The highest BCUT2D eigenvalue weighted by Gasteiger charge is 2.60. The first kappa shape index (κ1) is 40.1. The molecule has 0 aromatic heterocycles. The zero-order chi connectivity index (χ0) is 41.2. The van der Waals surface area contributed by atoms with E-state index in [9.17, 15) is 0 Å². The second-order valence-electron chi connectivity index (χ2n) is 14.8. The molecule has 9 aromatic carbocycles. The SMILES string of the molecule is c1ccc([Si](O[Si](O[Si](O[Si](c2ccccc2)(c2ccccc2)c2ccccc2)(c2ccccc2)c2ccccc2)(c2ccccc2)c2ccccc2)c2ccccc2)cc1. The van der Waals surface area contributed by atoms with E-state index in [-0.39, 0.29) is 0 Å². The molecule has 0 heterocycles. The van der Waals surface area contributed by atoms with Crippen LogP contribution in [0.4, 0.5) is 0 Å². The summed E-state index contributed by atoms with van der Waals surface area (Å²) in [6, 6.07) is 96.6. The molecule has 0 saturated carbocycles. The largest absolute Gasteiger partial charge is 0.422 e. The Labute approximate surface area is 364 Å². The average molecular weight is 854 g/mol. The van der Waals surface area contributed by atoms with Gasteiger partial charge in [-0.2, -0.15) is 0 Å². The lowest BCUT2D eigenvalue weighted by atomic mass is 10.3. The van der Waals surface area contributed by atoms with Crippen LogP contribution in [0, 0.1) is 0 Å². The fraction of sp³-hybridized carbons (Fsp3) is 0. The predicted molar refractivity (Wildman–Crippen MR) is 261 cm³/mol. The molecule has 0 N–H and O–H groups in total. The van der Waals surface area contributed by atoms with Crippen molar-refractivity contribution in [3.63, 3.8) is 0 Å². The van der Waals surface area contributed by atoms with Crippen molar-refractivity contribution in [2.75, 3.05) is 0 Å². The fourth-order valence-electron chi connectivity index (χ4n) is 8.20. The monoisotopic (exact) mass is 853 g/mol. The molecule has 295 valence electrons. The molecule has 0 spiro atoms. The van der Waals surface area contributed by atoms with Crippen LogP contribution in [0.1, 0.15) is 0 Å². The van der Waals surface area contributed by atoms with Crippen LogP contribution in [-0.2, 0) is 12.3 Å². The lowest BCUT2D eigenvalue weighted by Crippen LogP contribution is -2.82. The quantitative estimate of drug-likeness (QED) is 0.0934. The molecule has 0 unspecified atom stereocenters. The Hall–Kier alpha value is -6.27. The smallest absolute Gasteiger partial charge is 0.389 e. The van der Waals surface area contributed by atoms with E-state index < -0.39 is 34.5 Å². The van der Waals surface area contributed by atoms with Crippen molar-refractivity contribution in [1.29, 1.82) is 0 Å². The zero-order valence-corrected chi connectivity index (χ0v) is 37.7. The third-order valence-corrected chi connectivity index (χ3v) is 27.2. The van der Waals surface area contributed by atoms with Gasteiger partial charge in [0.25, 0.3) is 17.4 Å². The average Bonchev–Trinajstić information content (AvgIpc) is 3.36. The molecule has 0 aliphatic carbocycles. The summed E-state index contributed by atoms with van der Waals surface area (Å²) >= 11 is 0. The van der Waals surface area contributed by atoms with Crippen LogP contribution in [0.3, 0.4) is 0 Å². The van der Waals surface area contributed by atoms with Crippen molar-refractivity contribution in [2.45, 2.75) is 0 Å². The van der Waals surface area contributed by atoms with Crippen molar-refractivity contribution in [2.24, 2.45) is 0 Å². The summed E-state index contributed by atoms with van der Waals surface area (Å²) in [5.74, 6) is 0. The van der Waals surface area contributed by atoms with Gasteiger partial charge in [0.2, 0.25) is 0 Å². The van der Waals surface area contributed by atoms with E-state index >= 15 is 0 Å². The minimum atomic E-state index is -3.99. The van der Waals surface area contributed by atoms with Crippen molar-refractivity contribution in [3.05, 3.63) is 273 Å². The van der Waals surface area contributed by atoms with Gasteiger partial charge in [0.1, 0.15) is 0 Å². The summed E-state index contributed by atoms with van der Waals surface area (Å²) in [7, 11) is -13.3. The number of hydrogen-bond donors (Lipinski definition) is 0. The van der Waals surface area contributed by atoms with Gasteiger partial charge in [0, 0.05) is 0 Å². The van der Waals surface area contributed by atoms with E-state index in [1.54, 1.807) is 0 Å². The zero-order valence-electron chi connectivity index (χ0n) is 33.7. The highest BCUT2D eigenvalue weighted by atomic mass is 28.5. The van der Waals surface area contributed by atoms with Crippen LogP contribution < -0.4 is 46.7 Å². The maximum Gasteiger partial charge on any atom is 0.389 e. The summed E-state index contributed by atoms with van der Waals surface area (Å²) in [4.78, 5) is 0. The van der Waals surface area contributed by atoms with Gasteiger partial charge in [0.15, 0.2) is 0 Å². The Balaban J connectivity index is 1.41. The lowest BCUT2D eigenvalue weighted by Gasteiger charge is -2.47. The van der Waals surface area contributed by atoms with Crippen LogP contribution in [0.15, 0.2) is 273 Å².